The molecule has 1 amide bonds. The fourth-order valence-electron chi connectivity index (χ4n) is 3.47. The molecule has 4 rings (SSSR count). The van der Waals surface area contributed by atoms with E-state index >= 15 is 0 Å². The van der Waals surface area contributed by atoms with Gasteiger partial charge in [-0.05, 0) is 30.3 Å². The summed E-state index contributed by atoms with van der Waals surface area (Å²) in [4.78, 5) is 29.5. The van der Waals surface area contributed by atoms with Crippen molar-refractivity contribution in [2.24, 2.45) is 5.73 Å². The molecule has 1 aliphatic heterocycles. The number of pyridine rings is 3. The van der Waals surface area contributed by atoms with Crippen LogP contribution in [0.25, 0.3) is 0 Å². The average Bonchev–Trinajstić information content (AvgIpc) is 2.79. The largest absolute Gasteiger partial charge is 0.365 e. The smallest absolute Gasteiger partial charge is 0.252 e. The second-order valence-electron chi connectivity index (χ2n) is 6.77. The normalized spacial score (nSPS) is 13.9. The molecule has 0 spiro atoms. The number of anilines is 3. The Hall–Kier alpha value is -3.68. The van der Waals surface area contributed by atoms with Crippen LogP contribution in [0.4, 0.5) is 17.5 Å². The predicted octanol–water partition coefficient (Wildman–Crippen LogP) is 1.91. The summed E-state index contributed by atoms with van der Waals surface area (Å²) in [5.74, 6) is 1.92. The fraction of sp³-hybridized carbons (Fsp3) is 0.238. The summed E-state index contributed by atoms with van der Waals surface area (Å²) in [6, 6.07) is 13.3. The number of nitrogens with two attached hydrogens (primary N) is 1. The third-order valence-corrected chi connectivity index (χ3v) is 4.94. The van der Waals surface area contributed by atoms with Crippen LogP contribution in [0, 0.1) is 0 Å². The van der Waals surface area contributed by atoms with Crippen LogP contribution in [0.15, 0.2) is 61.1 Å². The van der Waals surface area contributed by atoms with Crippen LogP contribution in [-0.4, -0.2) is 47.0 Å². The van der Waals surface area contributed by atoms with Crippen molar-refractivity contribution >= 4 is 23.4 Å². The van der Waals surface area contributed by atoms with Crippen molar-refractivity contribution in [1.82, 2.24) is 15.0 Å². The Bertz CT molecular complexity index is 972. The summed E-state index contributed by atoms with van der Waals surface area (Å²) < 4.78 is 0. The molecule has 1 fully saturated rings. The summed E-state index contributed by atoms with van der Waals surface area (Å²) >= 11 is 0. The Labute approximate surface area is 169 Å². The molecule has 0 atom stereocenters. The van der Waals surface area contributed by atoms with E-state index in [9.17, 15) is 4.79 Å². The number of carbonyl (C=O) groups excluding carboxylic acids is 1. The summed E-state index contributed by atoms with van der Waals surface area (Å²) in [7, 11) is 0. The van der Waals surface area contributed by atoms with Gasteiger partial charge in [0.15, 0.2) is 0 Å². The molecule has 0 radical (unpaired) electrons. The number of piperazine rings is 1. The number of carbonyl (C=O) groups is 1. The topological polar surface area (TPSA) is 100 Å². The van der Waals surface area contributed by atoms with Gasteiger partial charge in [0, 0.05) is 56.9 Å². The van der Waals surface area contributed by atoms with E-state index in [1.165, 1.54) is 0 Å². The van der Waals surface area contributed by atoms with Crippen molar-refractivity contribution in [3.63, 3.8) is 0 Å². The number of hydrogen-bond donors (Lipinski definition) is 2. The highest BCUT2D eigenvalue weighted by Crippen LogP contribution is 2.22. The Morgan fingerprint density at radius 2 is 1.62 bits per heavy atom. The fourth-order valence-corrected chi connectivity index (χ4v) is 3.47. The maximum atomic E-state index is 11.6. The van der Waals surface area contributed by atoms with Crippen LogP contribution in [0.5, 0.6) is 0 Å². The number of hydrogen-bond acceptors (Lipinski definition) is 7. The molecular formula is C21H23N7O. The second-order valence-corrected chi connectivity index (χ2v) is 6.77. The zero-order valence-electron chi connectivity index (χ0n) is 16.0. The zero-order valence-corrected chi connectivity index (χ0v) is 16.0. The highest BCUT2D eigenvalue weighted by Gasteiger charge is 2.21. The van der Waals surface area contributed by atoms with Crippen molar-refractivity contribution in [1.29, 1.82) is 0 Å². The third kappa shape index (κ3) is 4.26. The van der Waals surface area contributed by atoms with Crippen LogP contribution in [0.1, 0.15) is 15.9 Å². The van der Waals surface area contributed by atoms with E-state index < -0.39 is 5.91 Å². The molecule has 1 aliphatic rings. The summed E-state index contributed by atoms with van der Waals surface area (Å²) in [6.45, 7) is 3.98. The van der Waals surface area contributed by atoms with Crippen molar-refractivity contribution in [2.75, 3.05) is 41.3 Å². The molecule has 8 heteroatoms. The molecule has 0 aromatic carbocycles. The van der Waals surface area contributed by atoms with Crippen molar-refractivity contribution in [3.05, 3.63) is 72.2 Å². The van der Waals surface area contributed by atoms with E-state index in [0.29, 0.717) is 17.9 Å². The number of aromatic nitrogens is 3. The lowest BCUT2D eigenvalue weighted by Crippen LogP contribution is -2.47. The first-order chi connectivity index (χ1) is 14.2. The Balaban J connectivity index is 1.45. The Morgan fingerprint density at radius 1 is 0.897 bits per heavy atom. The summed E-state index contributed by atoms with van der Waals surface area (Å²) in [5.41, 5.74) is 6.86. The number of nitrogens with zero attached hydrogens (tertiary/aromatic N) is 5. The molecule has 0 bridgehead atoms. The van der Waals surface area contributed by atoms with Gasteiger partial charge < -0.3 is 20.9 Å². The molecule has 3 N–H and O–H groups in total. The van der Waals surface area contributed by atoms with Crippen molar-refractivity contribution in [3.8, 4) is 0 Å². The van der Waals surface area contributed by atoms with Crippen LogP contribution in [0.2, 0.25) is 0 Å². The molecule has 4 heterocycles. The van der Waals surface area contributed by atoms with Gasteiger partial charge in [-0.1, -0.05) is 12.1 Å². The standard InChI is InChI=1S/C21H23N7O/c22-19(29)17-6-4-9-24-20(17)26-15-16-5-3-10-25-21(16)28-13-11-27(12-14-28)18-7-1-2-8-23-18/h1-10H,11-15H2,(H2,22,29)(H,24,26). The maximum Gasteiger partial charge on any atom is 0.252 e. The molecule has 0 aliphatic carbocycles. The third-order valence-electron chi connectivity index (χ3n) is 4.94. The molecule has 148 valence electrons. The number of nitrogens with one attached hydrogen (secondary N) is 1. The van der Waals surface area contributed by atoms with E-state index in [1.807, 2.05) is 36.5 Å². The number of amides is 1. The van der Waals surface area contributed by atoms with Gasteiger partial charge >= 0.3 is 0 Å². The van der Waals surface area contributed by atoms with Gasteiger partial charge in [0.25, 0.3) is 5.91 Å². The van der Waals surface area contributed by atoms with E-state index in [1.54, 1.807) is 24.5 Å². The van der Waals surface area contributed by atoms with Gasteiger partial charge in [0.2, 0.25) is 0 Å². The molecule has 29 heavy (non-hydrogen) atoms. The lowest BCUT2D eigenvalue weighted by Gasteiger charge is -2.36. The van der Waals surface area contributed by atoms with E-state index in [-0.39, 0.29) is 0 Å². The molecule has 0 saturated carbocycles. The number of primary amides is 1. The molecule has 0 unspecified atom stereocenters. The highest BCUT2D eigenvalue weighted by atomic mass is 16.1. The van der Waals surface area contributed by atoms with E-state index in [4.69, 9.17) is 5.73 Å². The highest BCUT2D eigenvalue weighted by molar-refractivity contribution is 5.97. The van der Waals surface area contributed by atoms with Crippen LogP contribution < -0.4 is 20.9 Å². The maximum absolute atomic E-state index is 11.6. The van der Waals surface area contributed by atoms with Crippen molar-refractivity contribution < 1.29 is 4.79 Å². The van der Waals surface area contributed by atoms with Crippen LogP contribution in [0.3, 0.4) is 0 Å². The average molecular weight is 389 g/mol. The van der Waals surface area contributed by atoms with E-state index in [0.717, 1.165) is 43.4 Å². The number of rotatable bonds is 6. The van der Waals surface area contributed by atoms with Gasteiger partial charge in [0.05, 0.1) is 5.56 Å². The zero-order chi connectivity index (χ0) is 20.1. The minimum Gasteiger partial charge on any atom is -0.365 e. The quantitative estimate of drug-likeness (QED) is 0.664. The van der Waals surface area contributed by atoms with E-state index in [2.05, 4.69) is 30.1 Å². The second kappa shape index (κ2) is 8.55. The van der Waals surface area contributed by atoms with Gasteiger partial charge in [-0.3, -0.25) is 4.79 Å². The minimum atomic E-state index is -0.502. The first-order valence-electron chi connectivity index (χ1n) is 9.56. The van der Waals surface area contributed by atoms with Gasteiger partial charge in [-0.25, -0.2) is 15.0 Å². The lowest BCUT2D eigenvalue weighted by atomic mass is 10.2. The molecule has 3 aromatic heterocycles. The molecule has 1 saturated heterocycles. The Morgan fingerprint density at radius 3 is 2.38 bits per heavy atom. The summed E-state index contributed by atoms with van der Waals surface area (Å²) in [5, 5.41) is 3.23. The SMILES string of the molecule is NC(=O)c1cccnc1NCc1cccnc1N1CCN(c2ccccn2)CC1. The summed E-state index contributed by atoms with van der Waals surface area (Å²) in [6.07, 6.45) is 5.26. The first-order valence-corrected chi connectivity index (χ1v) is 9.56. The minimum absolute atomic E-state index is 0.377. The van der Waals surface area contributed by atoms with Crippen LogP contribution >= 0.6 is 0 Å². The Kier molecular flexibility index (Phi) is 5.51. The lowest BCUT2D eigenvalue weighted by molar-refractivity contribution is 0.100. The van der Waals surface area contributed by atoms with Crippen molar-refractivity contribution in [2.45, 2.75) is 6.54 Å². The van der Waals surface area contributed by atoms with Gasteiger partial charge in [-0.15, -0.1) is 0 Å². The molecule has 3 aromatic rings. The first kappa shape index (κ1) is 18.7. The monoisotopic (exact) mass is 389 g/mol. The van der Waals surface area contributed by atoms with Crippen LogP contribution in [-0.2, 0) is 6.54 Å². The molecule has 8 nitrogen and oxygen atoms in total. The molecular weight excluding hydrogens is 366 g/mol. The van der Waals surface area contributed by atoms with Gasteiger partial charge in [-0.2, -0.15) is 0 Å². The van der Waals surface area contributed by atoms with Gasteiger partial charge in [0.1, 0.15) is 17.5 Å². The predicted molar refractivity (Wildman–Crippen MR) is 113 cm³/mol.